The molecule has 0 spiro atoms. The summed E-state index contributed by atoms with van der Waals surface area (Å²) in [6, 6.07) is 13.9. The number of nitrogens with one attached hydrogen (secondary N) is 2. The van der Waals surface area contributed by atoms with Crippen LogP contribution in [-0.4, -0.2) is 25.0 Å². The summed E-state index contributed by atoms with van der Waals surface area (Å²) in [6.07, 6.45) is 0.922. The molecule has 0 saturated heterocycles. The predicted octanol–water partition coefficient (Wildman–Crippen LogP) is 2.62. The molecule has 0 aliphatic rings. The van der Waals surface area contributed by atoms with Gasteiger partial charge in [-0.3, -0.25) is 9.59 Å². The molecule has 0 unspecified atom stereocenters. The first-order valence-corrected chi connectivity index (χ1v) is 7.75. The van der Waals surface area contributed by atoms with Gasteiger partial charge in [-0.1, -0.05) is 19.1 Å². The summed E-state index contributed by atoms with van der Waals surface area (Å²) >= 11 is 0. The maximum Gasteiger partial charge on any atom is 0.248 e. The van der Waals surface area contributed by atoms with Crippen molar-refractivity contribution in [3.63, 3.8) is 0 Å². The first-order valence-electron chi connectivity index (χ1n) is 7.75. The van der Waals surface area contributed by atoms with Gasteiger partial charge in [0, 0.05) is 23.0 Å². The van der Waals surface area contributed by atoms with E-state index in [1.807, 2.05) is 19.1 Å². The van der Waals surface area contributed by atoms with Gasteiger partial charge < -0.3 is 21.1 Å². The Morgan fingerprint density at radius 3 is 2.58 bits per heavy atom. The van der Waals surface area contributed by atoms with Crippen LogP contribution in [0.2, 0.25) is 0 Å². The van der Waals surface area contributed by atoms with Crippen molar-refractivity contribution in [1.82, 2.24) is 0 Å². The lowest BCUT2D eigenvalue weighted by Gasteiger charge is -2.10. The van der Waals surface area contributed by atoms with Crippen molar-refractivity contribution in [2.24, 2.45) is 5.73 Å². The Morgan fingerprint density at radius 2 is 1.83 bits per heavy atom. The van der Waals surface area contributed by atoms with Crippen LogP contribution in [0, 0.1) is 0 Å². The zero-order valence-corrected chi connectivity index (χ0v) is 13.5. The second kappa shape index (κ2) is 8.57. The van der Waals surface area contributed by atoms with E-state index in [1.165, 1.54) is 0 Å². The molecule has 2 aromatic rings. The number of primary amides is 1. The molecule has 0 radical (unpaired) electrons. The number of benzene rings is 2. The zero-order valence-electron chi connectivity index (χ0n) is 13.5. The van der Waals surface area contributed by atoms with Gasteiger partial charge in [0.2, 0.25) is 11.8 Å². The molecule has 0 atom stereocenters. The summed E-state index contributed by atoms with van der Waals surface area (Å²) in [7, 11) is 0. The molecule has 0 aliphatic carbocycles. The van der Waals surface area contributed by atoms with Crippen molar-refractivity contribution >= 4 is 23.2 Å². The Balaban J connectivity index is 1.89. The van der Waals surface area contributed by atoms with Gasteiger partial charge in [0.1, 0.15) is 5.75 Å². The molecule has 2 amide bonds. The summed E-state index contributed by atoms with van der Waals surface area (Å²) in [4.78, 5) is 23.2. The van der Waals surface area contributed by atoms with Crippen molar-refractivity contribution in [2.75, 3.05) is 23.8 Å². The Bertz CT molecular complexity index is 716. The fraction of sp³-hybridized carbons (Fsp3) is 0.222. The van der Waals surface area contributed by atoms with Gasteiger partial charge in [-0.25, -0.2) is 0 Å². The van der Waals surface area contributed by atoms with Crippen LogP contribution in [0.3, 0.4) is 0 Å². The van der Waals surface area contributed by atoms with Crippen molar-refractivity contribution in [2.45, 2.75) is 13.3 Å². The summed E-state index contributed by atoms with van der Waals surface area (Å²) in [6.45, 7) is 2.74. The quantitative estimate of drug-likeness (QED) is 0.695. The number of amides is 2. The minimum absolute atomic E-state index is 0.0717. The van der Waals surface area contributed by atoms with Gasteiger partial charge in [0.25, 0.3) is 0 Å². The number of rotatable bonds is 8. The van der Waals surface area contributed by atoms with E-state index in [-0.39, 0.29) is 12.5 Å². The van der Waals surface area contributed by atoms with Crippen LogP contribution in [0.4, 0.5) is 11.4 Å². The highest BCUT2D eigenvalue weighted by atomic mass is 16.5. The second-order valence-corrected chi connectivity index (χ2v) is 5.22. The number of nitrogens with two attached hydrogens (primary N) is 1. The Hall–Kier alpha value is -3.02. The number of ether oxygens (including phenoxy) is 1. The summed E-state index contributed by atoms with van der Waals surface area (Å²) < 4.78 is 5.53. The zero-order chi connectivity index (χ0) is 17.4. The normalized spacial score (nSPS) is 10.0. The van der Waals surface area contributed by atoms with E-state index in [0.717, 1.165) is 12.2 Å². The van der Waals surface area contributed by atoms with Gasteiger partial charge in [-0.2, -0.15) is 0 Å². The molecule has 2 rings (SSSR count). The fourth-order valence-corrected chi connectivity index (χ4v) is 2.05. The molecular weight excluding hydrogens is 306 g/mol. The van der Waals surface area contributed by atoms with Crippen molar-refractivity contribution in [1.29, 1.82) is 0 Å². The molecule has 2 aromatic carbocycles. The number of anilines is 2. The highest BCUT2D eigenvalue weighted by molar-refractivity contribution is 5.95. The predicted molar refractivity (Wildman–Crippen MR) is 94.3 cm³/mol. The molecule has 0 fully saturated rings. The fourth-order valence-electron chi connectivity index (χ4n) is 2.05. The average molecular weight is 327 g/mol. The molecule has 6 nitrogen and oxygen atoms in total. The van der Waals surface area contributed by atoms with E-state index >= 15 is 0 Å². The molecule has 0 aromatic heterocycles. The molecule has 6 heteroatoms. The van der Waals surface area contributed by atoms with Crippen LogP contribution in [0.25, 0.3) is 0 Å². The summed E-state index contributed by atoms with van der Waals surface area (Å²) in [5, 5.41) is 5.75. The molecule has 126 valence electrons. The number of hydrogen-bond donors (Lipinski definition) is 3. The first kappa shape index (κ1) is 17.3. The lowest BCUT2D eigenvalue weighted by atomic mass is 10.2. The largest absolute Gasteiger partial charge is 0.494 e. The van der Waals surface area contributed by atoms with Crippen LogP contribution in [-0.2, 0) is 4.79 Å². The van der Waals surface area contributed by atoms with E-state index in [2.05, 4.69) is 10.6 Å². The van der Waals surface area contributed by atoms with Crippen LogP contribution in [0.1, 0.15) is 23.7 Å². The van der Waals surface area contributed by atoms with Crippen LogP contribution in [0.15, 0.2) is 48.5 Å². The Kier molecular flexibility index (Phi) is 6.19. The van der Waals surface area contributed by atoms with E-state index in [4.69, 9.17) is 10.5 Å². The minimum Gasteiger partial charge on any atom is -0.494 e. The summed E-state index contributed by atoms with van der Waals surface area (Å²) in [5.74, 6) is 0.0101. The lowest BCUT2D eigenvalue weighted by molar-refractivity contribution is -0.114. The average Bonchev–Trinajstić information content (AvgIpc) is 2.59. The third kappa shape index (κ3) is 5.31. The van der Waals surface area contributed by atoms with E-state index in [9.17, 15) is 9.59 Å². The minimum atomic E-state index is -0.507. The second-order valence-electron chi connectivity index (χ2n) is 5.22. The van der Waals surface area contributed by atoms with Crippen LogP contribution in [0.5, 0.6) is 5.75 Å². The summed E-state index contributed by atoms with van der Waals surface area (Å²) in [5.41, 5.74) is 6.94. The molecule has 4 N–H and O–H groups in total. The van der Waals surface area contributed by atoms with Crippen molar-refractivity contribution in [3.8, 4) is 5.75 Å². The topological polar surface area (TPSA) is 93.4 Å². The molecule has 0 saturated carbocycles. The maximum atomic E-state index is 12.0. The lowest BCUT2D eigenvalue weighted by Crippen LogP contribution is -2.22. The van der Waals surface area contributed by atoms with Crippen LogP contribution >= 0.6 is 0 Å². The number of carbonyl (C=O) groups excluding carboxylic acids is 2. The van der Waals surface area contributed by atoms with Gasteiger partial charge >= 0.3 is 0 Å². The molecule has 0 aliphatic heterocycles. The SMILES string of the molecule is CCCOc1cccc(NC(=O)CNc2cccc(C(N)=O)c2)c1. The van der Waals surface area contributed by atoms with Gasteiger partial charge in [0.05, 0.1) is 13.2 Å². The van der Waals surface area contributed by atoms with Gasteiger partial charge in [-0.05, 0) is 36.8 Å². The maximum absolute atomic E-state index is 12.0. The monoisotopic (exact) mass is 327 g/mol. The van der Waals surface area contributed by atoms with E-state index < -0.39 is 5.91 Å². The third-order valence-corrected chi connectivity index (χ3v) is 3.19. The molecule has 24 heavy (non-hydrogen) atoms. The Morgan fingerprint density at radius 1 is 1.08 bits per heavy atom. The number of hydrogen-bond acceptors (Lipinski definition) is 4. The van der Waals surface area contributed by atoms with E-state index in [0.29, 0.717) is 23.5 Å². The molecular formula is C18H21N3O3. The highest BCUT2D eigenvalue weighted by Crippen LogP contribution is 2.17. The van der Waals surface area contributed by atoms with E-state index in [1.54, 1.807) is 36.4 Å². The molecule has 0 bridgehead atoms. The van der Waals surface area contributed by atoms with Crippen molar-refractivity contribution < 1.29 is 14.3 Å². The Labute approximate surface area is 141 Å². The standard InChI is InChI=1S/C18H21N3O3/c1-2-9-24-16-8-4-7-15(11-16)21-17(22)12-20-14-6-3-5-13(10-14)18(19)23/h3-8,10-11,20H,2,9,12H2,1H3,(H2,19,23)(H,21,22). The van der Waals surface area contributed by atoms with Crippen molar-refractivity contribution in [3.05, 3.63) is 54.1 Å². The van der Waals surface area contributed by atoms with Crippen LogP contribution < -0.4 is 21.1 Å². The first-order chi connectivity index (χ1) is 11.6. The van der Waals surface area contributed by atoms with Gasteiger partial charge in [0.15, 0.2) is 0 Å². The highest BCUT2D eigenvalue weighted by Gasteiger charge is 2.05. The molecule has 0 heterocycles. The smallest absolute Gasteiger partial charge is 0.248 e. The van der Waals surface area contributed by atoms with Gasteiger partial charge in [-0.15, -0.1) is 0 Å². The number of carbonyl (C=O) groups is 2. The third-order valence-electron chi connectivity index (χ3n) is 3.19.